The molecule has 13 nitrogen and oxygen atoms in total. The molecule has 1 aliphatic rings. The van der Waals surface area contributed by atoms with Crippen molar-refractivity contribution in [1.82, 2.24) is 35.7 Å². The highest BCUT2D eigenvalue weighted by atomic mass is 16.4. The lowest BCUT2D eigenvalue weighted by Crippen LogP contribution is -2.59. The van der Waals surface area contributed by atoms with E-state index in [0.29, 0.717) is 26.1 Å². The third-order valence-corrected chi connectivity index (χ3v) is 10.6. The number of aryl methyl sites for hydroxylation is 1. The molecule has 1 aliphatic heterocycles. The second-order valence-corrected chi connectivity index (χ2v) is 17.6. The van der Waals surface area contributed by atoms with E-state index in [9.17, 15) is 29.4 Å². The molecule has 0 radical (unpaired) electrons. The molecule has 0 unspecified atom stereocenters. The van der Waals surface area contributed by atoms with Gasteiger partial charge >= 0.3 is 12.1 Å². The molecule has 0 spiro atoms. The normalized spacial score (nSPS) is 15.8. The Bertz CT molecular complexity index is 2030. The molecule has 5 atom stereocenters. The summed E-state index contributed by atoms with van der Waals surface area (Å²) >= 11 is 0. The molecule has 1 saturated heterocycles. The highest BCUT2D eigenvalue weighted by Gasteiger charge is 2.44. The standard InChI is InChI=1S/C46H59N7O6/c1-30-14-13-17-34(48-30)29-52-24-25-53(44(52)59)40(46(5,6)7)42(56)49-35(26-32-19-21-33(22-20-32)36-18-11-12-23-47-36)28-38(54)37(27-31-15-9-8-10-16-31)50-41(55)39(45(2,3)4)51-43(57)58/h8-23,35,37-40,51,54H,24-29H2,1-7H3,(H,49,56)(H,50,55)(H,57,58)/t35-,37-,38-,39+,40+/m0/s1. The van der Waals surface area contributed by atoms with Crippen LogP contribution < -0.4 is 16.0 Å². The first-order valence-electron chi connectivity index (χ1n) is 20.2. The molecule has 4 aromatic rings. The molecular weight excluding hydrogens is 747 g/mol. The zero-order valence-electron chi connectivity index (χ0n) is 35.2. The summed E-state index contributed by atoms with van der Waals surface area (Å²) in [4.78, 5) is 66.5. The average Bonchev–Trinajstić information content (AvgIpc) is 3.51. The van der Waals surface area contributed by atoms with Gasteiger partial charge in [-0.15, -0.1) is 0 Å². The van der Waals surface area contributed by atoms with Crippen LogP contribution in [0.3, 0.4) is 0 Å². The minimum absolute atomic E-state index is 0.0357. The van der Waals surface area contributed by atoms with Gasteiger partial charge in [0.25, 0.3) is 0 Å². The fourth-order valence-electron chi connectivity index (χ4n) is 7.65. The zero-order valence-corrected chi connectivity index (χ0v) is 35.2. The number of aromatic nitrogens is 2. The summed E-state index contributed by atoms with van der Waals surface area (Å²) in [6.07, 6.45) is -0.168. The van der Waals surface area contributed by atoms with Crippen LogP contribution in [0, 0.1) is 17.8 Å². The predicted molar refractivity (Wildman–Crippen MR) is 227 cm³/mol. The van der Waals surface area contributed by atoms with Crippen LogP contribution in [0.5, 0.6) is 0 Å². The van der Waals surface area contributed by atoms with Crippen molar-refractivity contribution in [3.8, 4) is 11.3 Å². The molecule has 0 aliphatic carbocycles. The number of benzene rings is 2. The number of amides is 5. The molecule has 5 amide bonds. The van der Waals surface area contributed by atoms with Crippen LogP contribution >= 0.6 is 0 Å². The molecule has 5 N–H and O–H groups in total. The number of carboxylic acid groups (broad SMARTS) is 1. The molecule has 3 heterocycles. The van der Waals surface area contributed by atoms with Gasteiger partial charge in [0, 0.05) is 36.6 Å². The third kappa shape index (κ3) is 12.3. The summed E-state index contributed by atoms with van der Waals surface area (Å²) in [7, 11) is 0. The van der Waals surface area contributed by atoms with Crippen LogP contribution in [0.15, 0.2) is 97.2 Å². The van der Waals surface area contributed by atoms with Gasteiger partial charge in [-0.05, 0) is 72.4 Å². The molecule has 59 heavy (non-hydrogen) atoms. The minimum Gasteiger partial charge on any atom is -0.465 e. The molecule has 2 aromatic heterocycles. The van der Waals surface area contributed by atoms with Gasteiger partial charge in [0.2, 0.25) is 11.8 Å². The average molecular weight is 806 g/mol. The fourth-order valence-corrected chi connectivity index (χ4v) is 7.65. The third-order valence-electron chi connectivity index (χ3n) is 10.6. The van der Waals surface area contributed by atoms with Crippen LogP contribution in [-0.2, 0) is 29.0 Å². The number of rotatable bonds is 16. The Morgan fingerprint density at radius 1 is 0.763 bits per heavy atom. The van der Waals surface area contributed by atoms with Crippen LogP contribution in [-0.4, -0.2) is 97.3 Å². The summed E-state index contributed by atoms with van der Waals surface area (Å²) < 4.78 is 0. The van der Waals surface area contributed by atoms with E-state index in [1.807, 2.05) is 119 Å². The van der Waals surface area contributed by atoms with Crippen molar-refractivity contribution in [1.29, 1.82) is 0 Å². The number of urea groups is 1. The molecule has 0 bridgehead atoms. The molecule has 314 valence electrons. The summed E-state index contributed by atoms with van der Waals surface area (Å²) in [5, 5.41) is 30.2. The van der Waals surface area contributed by atoms with Crippen molar-refractivity contribution in [3.05, 3.63) is 120 Å². The maximum absolute atomic E-state index is 14.6. The first-order valence-corrected chi connectivity index (χ1v) is 20.2. The summed E-state index contributed by atoms with van der Waals surface area (Å²) in [5.74, 6) is -0.929. The van der Waals surface area contributed by atoms with E-state index in [2.05, 4.69) is 25.9 Å². The number of nitrogens with one attached hydrogen (secondary N) is 3. The molecule has 5 rings (SSSR count). The first-order chi connectivity index (χ1) is 27.9. The van der Waals surface area contributed by atoms with Crippen LogP contribution in [0.1, 0.15) is 70.5 Å². The van der Waals surface area contributed by atoms with E-state index in [0.717, 1.165) is 33.8 Å². The number of hydrogen-bond donors (Lipinski definition) is 5. The summed E-state index contributed by atoms with van der Waals surface area (Å²) in [6.45, 7) is 14.1. The van der Waals surface area contributed by atoms with Gasteiger partial charge in [0.15, 0.2) is 0 Å². The van der Waals surface area contributed by atoms with E-state index < -0.39 is 53.1 Å². The van der Waals surface area contributed by atoms with Gasteiger partial charge in [-0.3, -0.25) is 19.6 Å². The van der Waals surface area contributed by atoms with Crippen LogP contribution in [0.4, 0.5) is 9.59 Å². The molecule has 2 aromatic carbocycles. The second kappa shape index (κ2) is 19.3. The molecule has 1 fully saturated rings. The number of carbonyl (C=O) groups is 4. The van der Waals surface area contributed by atoms with Gasteiger partial charge in [-0.1, -0.05) is 108 Å². The lowest BCUT2D eigenvalue weighted by molar-refractivity contribution is -0.130. The van der Waals surface area contributed by atoms with Crippen molar-refractivity contribution in [2.24, 2.45) is 10.8 Å². The monoisotopic (exact) mass is 805 g/mol. The Labute approximate surface area is 347 Å². The molecule has 0 saturated carbocycles. The van der Waals surface area contributed by atoms with Crippen molar-refractivity contribution in [2.45, 2.75) is 105 Å². The Balaban J connectivity index is 1.43. The van der Waals surface area contributed by atoms with Crippen LogP contribution in [0.2, 0.25) is 0 Å². The number of pyridine rings is 2. The van der Waals surface area contributed by atoms with Crippen molar-refractivity contribution in [3.63, 3.8) is 0 Å². The van der Waals surface area contributed by atoms with E-state index in [-0.39, 0.29) is 24.8 Å². The van der Waals surface area contributed by atoms with E-state index in [1.54, 1.807) is 36.8 Å². The Morgan fingerprint density at radius 3 is 2.05 bits per heavy atom. The lowest BCUT2D eigenvalue weighted by Gasteiger charge is -2.38. The number of nitrogens with zero attached hydrogens (tertiary/aromatic N) is 4. The van der Waals surface area contributed by atoms with Gasteiger partial charge in [0.05, 0.1) is 30.1 Å². The Kier molecular flexibility index (Phi) is 14.5. The highest BCUT2D eigenvalue weighted by Crippen LogP contribution is 2.29. The Morgan fingerprint density at radius 2 is 1.44 bits per heavy atom. The number of carbonyl (C=O) groups excluding carboxylic acids is 3. The summed E-state index contributed by atoms with van der Waals surface area (Å²) in [6, 6.07) is 25.0. The maximum atomic E-state index is 14.6. The van der Waals surface area contributed by atoms with Gasteiger partial charge in [-0.25, -0.2) is 9.59 Å². The first kappa shape index (κ1) is 44.3. The largest absolute Gasteiger partial charge is 0.465 e. The zero-order chi connectivity index (χ0) is 42.9. The van der Waals surface area contributed by atoms with Crippen molar-refractivity contribution < 1.29 is 29.4 Å². The SMILES string of the molecule is Cc1cccc(CN2CCN([C@H](C(=O)N[C@@H](Cc3ccc(-c4ccccn4)cc3)C[C@H](O)[C@H](Cc3ccccc3)NC(=O)[C@@H](NC(=O)O)C(C)(C)C)C(C)(C)C)C2=O)n1. The molecular formula is C46H59N7O6. The fraction of sp³-hybridized carbons (Fsp3) is 0.435. The van der Waals surface area contributed by atoms with Crippen molar-refractivity contribution >= 4 is 23.9 Å². The number of aliphatic hydroxyl groups is 1. The smallest absolute Gasteiger partial charge is 0.405 e. The lowest BCUT2D eigenvalue weighted by atomic mass is 9.84. The van der Waals surface area contributed by atoms with Crippen LogP contribution in [0.25, 0.3) is 11.3 Å². The number of hydrogen-bond acceptors (Lipinski definition) is 7. The van der Waals surface area contributed by atoms with E-state index >= 15 is 0 Å². The van der Waals surface area contributed by atoms with E-state index in [4.69, 9.17) is 0 Å². The Hall–Kier alpha value is -5.82. The quantitative estimate of drug-likeness (QED) is 0.0917. The van der Waals surface area contributed by atoms with Gasteiger partial charge < -0.3 is 36.0 Å². The minimum atomic E-state index is -1.34. The molecule has 13 heteroatoms. The van der Waals surface area contributed by atoms with Gasteiger partial charge in [-0.2, -0.15) is 0 Å². The topological polar surface area (TPSA) is 177 Å². The maximum Gasteiger partial charge on any atom is 0.405 e. The highest BCUT2D eigenvalue weighted by molar-refractivity contribution is 5.89. The second-order valence-electron chi connectivity index (χ2n) is 17.6. The van der Waals surface area contributed by atoms with E-state index in [1.165, 1.54) is 0 Å². The number of aliphatic hydroxyl groups excluding tert-OH is 1. The van der Waals surface area contributed by atoms with Crippen molar-refractivity contribution in [2.75, 3.05) is 13.1 Å². The predicted octanol–water partition coefficient (Wildman–Crippen LogP) is 5.99. The van der Waals surface area contributed by atoms with Gasteiger partial charge in [0.1, 0.15) is 12.1 Å². The summed E-state index contributed by atoms with van der Waals surface area (Å²) in [5.41, 5.74) is 3.68.